The van der Waals surface area contributed by atoms with Crippen LogP contribution in [0.15, 0.2) is 48.8 Å². The van der Waals surface area contributed by atoms with Crippen LogP contribution in [0.2, 0.25) is 0 Å². The molecule has 0 bridgehead atoms. The van der Waals surface area contributed by atoms with E-state index in [0.29, 0.717) is 0 Å². The largest absolute Gasteiger partial charge is 0.331 e. The molecule has 0 aliphatic rings. The molecule has 0 N–H and O–H groups in total. The molecule has 0 aliphatic carbocycles. The van der Waals surface area contributed by atoms with Crippen molar-refractivity contribution in [2.75, 3.05) is 0 Å². The Morgan fingerprint density at radius 1 is 0.923 bits per heavy atom. The lowest BCUT2D eigenvalue weighted by atomic mass is 9.84. The van der Waals surface area contributed by atoms with Crippen LogP contribution in [0.1, 0.15) is 39.1 Å². The second-order valence-corrected chi connectivity index (χ2v) is 7.58. The lowest BCUT2D eigenvalue weighted by molar-refractivity contribution is 0.463. The third-order valence-corrected chi connectivity index (χ3v) is 5.25. The standard InChI is InChI=1S/C22H26N4/c1-5-25-15-23-17-12-11-16(13-20(17)25)14-22(3,4)21-24-18-9-7-8-10-19(18)26(21)6-2/h7-13,15H,5-6,14H2,1-4H3. The number of imidazole rings is 2. The predicted octanol–water partition coefficient (Wildman–Crippen LogP) is 4.95. The van der Waals surface area contributed by atoms with Gasteiger partial charge in [-0.3, -0.25) is 0 Å². The Balaban J connectivity index is 1.75. The van der Waals surface area contributed by atoms with E-state index in [9.17, 15) is 0 Å². The van der Waals surface area contributed by atoms with E-state index in [1.165, 1.54) is 16.6 Å². The maximum atomic E-state index is 4.98. The Morgan fingerprint density at radius 2 is 1.73 bits per heavy atom. The average Bonchev–Trinajstić information content (AvgIpc) is 3.22. The monoisotopic (exact) mass is 346 g/mol. The number of aryl methyl sites for hydroxylation is 2. The van der Waals surface area contributed by atoms with E-state index >= 15 is 0 Å². The Morgan fingerprint density at radius 3 is 2.50 bits per heavy atom. The number of rotatable bonds is 5. The molecule has 0 aliphatic heterocycles. The fourth-order valence-corrected chi connectivity index (χ4v) is 3.97. The van der Waals surface area contributed by atoms with Crippen molar-refractivity contribution in [1.82, 2.24) is 19.1 Å². The summed E-state index contributed by atoms with van der Waals surface area (Å²) in [6, 6.07) is 15.0. The molecule has 2 heterocycles. The fraction of sp³-hybridized carbons (Fsp3) is 0.364. The lowest BCUT2D eigenvalue weighted by Crippen LogP contribution is -2.25. The molecule has 134 valence electrons. The zero-order valence-electron chi connectivity index (χ0n) is 16.0. The zero-order valence-corrected chi connectivity index (χ0v) is 16.0. The summed E-state index contributed by atoms with van der Waals surface area (Å²) in [6.07, 6.45) is 2.87. The van der Waals surface area contributed by atoms with Crippen molar-refractivity contribution in [2.45, 2.75) is 52.6 Å². The van der Waals surface area contributed by atoms with E-state index in [0.717, 1.165) is 36.4 Å². The van der Waals surface area contributed by atoms with Gasteiger partial charge in [0, 0.05) is 18.5 Å². The fourth-order valence-electron chi connectivity index (χ4n) is 3.97. The van der Waals surface area contributed by atoms with Gasteiger partial charge in [-0.1, -0.05) is 32.0 Å². The van der Waals surface area contributed by atoms with Crippen molar-refractivity contribution in [3.05, 3.63) is 60.2 Å². The summed E-state index contributed by atoms with van der Waals surface area (Å²) in [7, 11) is 0. The number of hydrogen-bond acceptors (Lipinski definition) is 2. The molecule has 0 fully saturated rings. The number of benzene rings is 2. The van der Waals surface area contributed by atoms with Crippen molar-refractivity contribution in [3.63, 3.8) is 0 Å². The van der Waals surface area contributed by atoms with Crippen molar-refractivity contribution >= 4 is 22.1 Å². The SMILES string of the molecule is CCn1cnc2ccc(CC(C)(C)c3nc4ccccc4n3CC)cc21. The molecule has 4 rings (SSSR count). The van der Waals surface area contributed by atoms with Gasteiger partial charge in [-0.05, 0) is 50.1 Å². The van der Waals surface area contributed by atoms with Gasteiger partial charge in [0.2, 0.25) is 0 Å². The lowest BCUT2D eigenvalue weighted by Gasteiger charge is -2.25. The molecule has 0 saturated heterocycles. The van der Waals surface area contributed by atoms with Gasteiger partial charge in [-0.25, -0.2) is 9.97 Å². The third kappa shape index (κ3) is 2.70. The molecule has 0 saturated carbocycles. The first-order chi connectivity index (χ1) is 12.5. The smallest absolute Gasteiger partial charge is 0.115 e. The summed E-state index contributed by atoms with van der Waals surface area (Å²) in [5.74, 6) is 1.16. The Labute approximate surface area is 154 Å². The number of para-hydroxylation sites is 2. The Hall–Kier alpha value is -2.62. The Bertz CT molecular complexity index is 1070. The van der Waals surface area contributed by atoms with Gasteiger partial charge in [0.05, 0.1) is 28.4 Å². The summed E-state index contributed by atoms with van der Waals surface area (Å²) in [4.78, 5) is 9.47. The van der Waals surface area contributed by atoms with E-state index in [2.05, 4.69) is 84.3 Å². The van der Waals surface area contributed by atoms with Gasteiger partial charge in [-0.15, -0.1) is 0 Å². The third-order valence-electron chi connectivity index (χ3n) is 5.25. The van der Waals surface area contributed by atoms with E-state index < -0.39 is 0 Å². The predicted molar refractivity (Wildman–Crippen MR) is 108 cm³/mol. The second-order valence-electron chi connectivity index (χ2n) is 7.58. The molecule has 0 amide bonds. The van der Waals surface area contributed by atoms with Crippen LogP contribution in [0.5, 0.6) is 0 Å². The van der Waals surface area contributed by atoms with Crippen LogP contribution < -0.4 is 0 Å². The molecule has 2 aromatic carbocycles. The van der Waals surface area contributed by atoms with Gasteiger partial charge in [0.1, 0.15) is 5.82 Å². The summed E-state index contributed by atoms with van der Waals surface area (Å²) in [5.41, 5.74) is 5.85. The van der Waals surface area contributed by atoms with Crippen LogP contribution >= 0.6 is 0 Å². The highest BCUT2D eigenvalue weighted by molar-refractivity contribution is 5.77. The number of aromatic nitrogens is 4. The van der Waals surface area contributed by atoms with Crippen LogP contribution in [0.4, 0.5) is 0 Å². The molecule has 0 spiro atoms. The minimum atomic E-state index is -0.0558. The number of nitrogens with zero attached hydrogens (tertiary/aromatic N) is 4. The molecule has 4 heteroatoms. The highest BCUT2D eigenvalue weighted by Crippen LogP contribution is 2.31. The van der Waals surface area contributed by atoms with Crippen LogP contribution in [-0.4, -0.2) is 19.1 Å². The maximum absolute atomic E-state index is 4.98. The molecule has 2 aromatic heterocycles. The maximum Gasteiger partial charge on any atom is 0.115 e. The van der Waals surface area contributed by atoms with Crippen LogP contribution in [0.25, 0.3) is 22.1 Å². The molecule has 26 heavy (non-hydrogen) atoms. The molecule has 0 unspecified atom stereocenters. The normalized spacial score (nSPS) is 12.3. The minimum Gasteiger partial charge on any atom is -0.331 e. The number of hydrogen-bond donors (Lipinski definition) is 0. The van der Waals surface area contributed by atoms with E-state index in [-0.39, 0.29) is 5.41 Å². The van der Waals surface area contributed by atoms with Crippen molar-refractivity contribution in [3.8, 4) is 0 Å². The summed E-state index contributed by atoms with van der Waals surface area (Å²) in [5, 5.41) is 0. The Kier molecular flexibility index (Phi) is 4.06. The first kappa shape index (κ1) is 16.8. The zero-order chi connectivity index (χ0) is 18.3. The molecule has 0 radical (unpaired) electrons. The summed E-state index contributed by atoms with van der Waals surface area (Å²) >= 11 is 0. The minimum absolute atomic E-state index is 0.0558. The van der Waals surface area contributed by atoms with Crippen molar-refractivity contribution < 1.29 is 0 Å². The van der Waals surface area contributed by atoms with Gasteiger partial charge in [0.15, 0.2) is 0 Å². The van der Waals surface area contributed by atoms with Gasteiger partial charge < -0.3 is 9.13 Å². The molecule has 4 nitrogen and oxygen atoms in total. The average molecular weight is 346 g/mol. The van der Waals surface area contributed by atoms with Crippen molar-refractivity contribution in [1.29, 1.82) is 0 Å². The van der Waals surface area contributed by atoms with Gasteiger partial charge >= 0.3 is 0 Å². The van der Waals surface area contributed by atoms with Crippen LogP contribution in [0, 0.1) is 0 Å². The molecular formula is C22H26N4. The quantitative estimate of drug-likeness (QED) is 0.513. The van der Waals surface area contributed by atoms with E-state index in [4.69, 9.17) is 4.98 Å². The highest BCUT2D eigenvalue weighted by atomic mass is 15.1. The summed E-state index contributed by atoms with van der Waals surface area (Å²) in [6.45, 7) is 10.8. The molecule has 4 aromatic rings. The van der Waals surface area contributed by atoms with Gasteiger partial charge in [-0.2, -0.15) is 0 Å². The van der Waals surface area contributed by atoms with Crippen LogP contribution in [0.3, 0.4) is 0 Å². The highest BCUT2D eigenvalue weighted by Gasteiger charge is 2.28. The van der Waals surface area contributed by atoms with E-state index in [1.807, 2.05) is 6.33 Å². The first-order valence-electron chi connectivity index (χ1n) is 9.43. The second kappa shape index (κ2) is 6.27. The summed E-state index contributed by atoms with van der Waals surface area (Å²) < 4.78 is 4.55. The topological polar surface area (TPSA) is 35.6 Å². The van der Waals surface area contributed by atoms with Gasteiger partial charge in [0.25, 0.3) is 0 Å². The van der Waals surface area contributed by atoms with Crippen molar-refractivity contribution in [2.24, 2.45) is 0 Å². The first-order valence-corrected chi connectivity index (χ1v) is 9.43. The van der Waals surface area contributed by atoms with Crippen LogP contribution in [-0.2, 0) is 24.9 Å². The number of fused-ring (bicyclic) bond motifs is 2. The molecule has 0 atom stereocenters. The molecular weight excluding hydrogens is 320 g/mol. The van der Waals surface area contributed by atoms with E-state index in [1.54, 1.807) is 0 Å².